The molecule has 1 aromatic heterocycles. The highest BCUT2D eigenvalue weighted by Gasteiger charge is 2.46. The third-order valence-corrected chi connectivity index (χ3v) is 7.61. The van der Waals surface area contributed by atoms with E-state index in [-0.39, 0.29) is 24.2 Å². The standard InChI is InChI=1S/C30H33FN4O3/c1-17(2)27(26-14-18(3)34-38-26)29(37)35-16-22(36)15-25(35)28-32-19(4)30(5,33-28)21-12-10-20(11-13-21)23-8-6-7-9-24(23)31/h6-14,17,22,25,27,36H,4,15-16H2,1-3,5H3,(H,32,33)/t22-,25-,27?,30-/m1/s1. The number of halogens is 1. The molecule has 8 heteroatoms. The minimum atomic E-state index is -0.787. The fraction of sp³-hybridized carbons (Fsp3) is 0.367. The third kappa shape index (κ3) is 4.53. The molecule has 198 valence electrons. The zero-order valence-corrected chi connectivity index (χ0v) is 22.1. The minimum Gasteiger partial charge on any atom is -0.391 e. The van der Waals surface area contributed by atoms with Gasteiger partial charge in [0.25, 0.3) is 0 Å². The molecule has 0 spiro atoms. The van der Waals surface area contributed by atoms with Gasteiger partial charge in [-0.05, 0) is 37.0 Å². The Morgan fingerprint density at radius 1 is 1.24 bits per heavy atom. The molecular formula is C30H33FN4O3. The van der Waals surface area contributed by atoms with Crippen molar-refractivity contribution in [2.45, 2.75) is 57.7 Å². The summed E-state index contributed by atoms with van der Waals surface area (Å²) in [7, 11) is 0. The Morgan fingerprint density at radius 3 is 2.58 bits per heavy atom. The topological polar surface area (TPSA) is 91.0 Å². The molecule has 0 saturated carbocycles. The summed E-state index contributed by atoms with van der Waals surface area (Å²) in [6.07, 6.45) is -0.300. The molecule has 5 rings (SSSR count). The SMILES string of the molecule is C=C1NC([C@H]2C[C@@H](O)CN2C(=O)C(c2cc(C)no2)C(C)C)=N[C@@]1(C)c1ccc(-c2ccccc2F)cc1. The molecule has 1 fully saturated rings. The highest BCUT2D eigenvalue weighted by atomic mass is 19.1. The van der Waals surface area contributed by atoms with Gasteiger partial charge in [0.1, 0.15) is 28.9 Å². The fourth-order valence-corrected chi connectivity index (χ4v) is 5.44. The summed E-state index contributed by atoms with van der Waals surface area (Å²) in [5, 5.41) is 17.9. The lowest BCUT2D eigenvalue weighted by Crippen LogP contribution is -2.46. The molecule has 0 radical (unpaired) electrons. The molecule has 38 heavy (non-hydrogen) atoms. The molecule has 0 bridgehead atoms. The van der Waals surface area contributed by atoms with Crippen LogP contribution in [0.5, 0.6) is 0 Å². The van der Waals surface area contributed by atoms with Crippen molar-refractivity contribution in [1.82, 2.24) is 15.4 Å². The van der Waals surface area contributed by atoms with Gasteiger partial charge in [-0.25, -0.2) is 4.39 Å². The second-order valence-corrected chi connectivity index (χ2v) is 10.7. The van der Waals surface area contributed by atoms with Crippen LogP contribution in [-0.4, -0.2) is 45.6 Å². The Labute approximate surface area is 222 Å². The van der Waals surface area contributed by atoms with Crippen LogP contribution in [0, 0.1) is 18.7 Å². The van der Waals surface area contributed by atoms with Gasteiger partial charge in [-0.2, -0.15) is 0 Å². The first kappa shape index (κ1) is 25.9. The quantitative estimate of drug-likeness (QED) is 0.485. The van der Waals surface area contributed by atoms with Crippen LogP contribution in [0.25, 0.3) is 11.1 Å². The summed E-state index contributed by atoms with van der Waals surface area (Å²) < 4.78 is 19.7. The zero-order chi connectivity index (χ0) is 27.2. The summed E-state index contributed by atoms with van der Waals surface area (Å²) >= 11 is 0. The van der Waals surface area contributed by atoms with Gasteiger partial charge >= 0.3 is 0 Å². The number of aliphatic hydroxyl groups excluding tert-OH is 1. The van der Waals surface area contributed by atoms with Gasteiger partial charge in [0.2, 0.25) is 5.91 Å². The van der Waals surface area contributed by atoms with Gasteiger partial charge in [0.05, 0.1) is 17.8 Å². The molecular weight excluding hydrogens is 483 g/mol. The maximum Gasteiger partial charge on any atom is 0.234 e. The molecule has 1 saturated heterocycles. The molecule has 2 N–H and O–H groups in total. The second kappa shape index (κ2) is 9.83. The number of benzene rings is 2. The summed E-state index contributed by atoms with van der Waals surface area (Å²) in [5.74, 6) is 0.163. The van der Waals surface area contributed by atoms with Crippen molar-refractivity contribution in [3.8, 4) is 11.1 Å². The molecule has 0 aliphatic carbocycles. The van der Waals surface area contributed by atoms with Crippen LogP contribution in [0.2, 0.25) is 0 Å². The van der Waals surface area contributed by atoms with Crippen molar-refractivity contribution in [3.05, 3.63) is 89.7 Å². The highest BCUT2D eigenvalue weighted by molar-refractivity contribution is 5.97. The van der Waals surface area contributed by atoms with Gasteiger partial charge < -0.3 is 19.8 Å². The van der Waals surface area contributed by atoms with E-state index in [0.717, 1.165) is 11.1 Å². The van der Waals surface area contributed by atoms with Crippen molar-refractivity contribution in [2.75, 3.05) is 6.54 Å². The minimum absolute atomic E-state index is 0.0279. The number of aryl methyl sites for hydroxylation is 1. The lowest BCUT2D eigenvalue weighted by Gasteiger charge is -2.29. The number of amidine groups is 1. The number of carbonyl (C=O) groups excluding carboxylic acids is 1. The molecule has 1 unspecified atom stereocenters. The van der Waals surface area contributed by atoms with Crippen LogP contribution >= 0.6 is 0 Å². The van der Waals surface area contributed by atoms with E-state index < -0.39 is 23.6 Å². The van der Waals surface area contributed by atoms with E-state index in [0.29, 0.717) is 35.0 Å². The van der Waals surface area contributed by atoms with Gasteiger partial charge in [0.15, 0.2) is 0 Å². The van der Waals surface area contributed by atoms with Crippen molar-refractivity contribution >= 4 is 11.7 Å². The van der Waals surface area contributed by atoms with Crippen LogP contribution in [0.3, 0.4) is 0 Å². The van der Waals surface area contributed by atoms with Gasteiger partial charge in [-0.15, -0.1) is 0 Å². The first-order chi connectivity index (χ1) is 18.1. The zero-order valence-electron chi connectivity index (χ0n) is 22.1. The maximum atomic E-state index is 14.3. The lowest BCUT2D eigenvalue weighted by atomic mass is 9.89. The van der Waals surface area contributed by atoms with Gasteiger partial charge in [-0.1, -0.05) is 68.0 Å². The smallest absolute Gasteiger partial charge is 0.234 e. The van der Waals surface area contributed by atoms with Gasteiger partial charge in [0, 0.05) is 30.3 Å². The van der Waals surface area contributed by atoms with Crippen molar-refractivity contribution in [3.63, 3.8) is 0 Å². The summed E-state index contributed by atoms with van der Waals surface area (Å²) in [6.45, 7) is 12.2. The normalized spacial score (nSPS) is 24.0. The van der Waals surface area contributed by atoms with Crippen LogP contribution in [0.15, 0.2) is 76.4 Å². The summed E-state index contributed by atoms with van der Waals surface area (Å²) in [4.78, 5) is 20.5. The lowest BCUT2D eigenvalue weighted by molar-refractivity contribution is -0.134. The molecule has 2 aliphatic rings. The second-order valence-electron chi connectivity index (χ2n) is 10.7. The number of rotatable bonds is 6. The number of β-amino-alcohol motifs (C(OH)–C–C–N with tert-alkyl or cyclic N) is 1. The largest absolute Gasteiger partial charge is 0.391 e. The molecule has 4 atom stereocenters. The van der Waals surface area contributed by atoms with E-state index in [1.807, 2.05) is 58.0 Å². The number of nitrogens with one attached hydrogen (secondary N) is 1. The van der Waals surface area contributed by atoms with Crippen LogP contribution in [0.1, 0.15) is 50.1 Å². The Balaban J connectivity index is 1.43. The van der Waals surface area contributed by atoms with Crippen LogP contribution in [-0.2, 0) is 10.3 Å². The number of carbonyl (C=O) groups is 1. The predicted octanol–water partition coefficient (Wildman–Crippen LogP) is 4.92. The van der Waals surface area contributed by atoms with E-state index >= 15 is 0 Å². The van der Waals surface area contributed by atoms with Crippen LogP contribution < -0.4 is 5.32 Å². The van der Waals surface area contributed by atoms with E-state index in [1.54, 1.807) is 23.1 Å². The van der Waals surface area contributed by atoms with Crippen molar-refractivity contribution < 1.29 is 18.8 Å². The number of likely N-dealkylation sites (tertiary alicyclic amines) is 1. The first-order valence-electron chi connectivity index (χ1n) is 12.9. The third-order valence-electron chi connectivity index (χ3n) is 7.61. The number of aliphatic imine (C=N–C) groups is 1. The predicted molar refractivity (Wildman–Crippen MR) is 144 cm³/mol. The number of amides is 1. The number of aromatic nitrogens is 1. The Kier molecular flexibility index (Phi) is 6.69. The average Bonchev–Trinajstić information content (AvgIpc) is 3.57. The molecule has 7 nitrogen and oxygen atoms in total. The van der Waals surface area contributed by atoms with E-state index in [4.69, 9.17) is 9.52 Å². The van der Waals surface area contributed by atoms with E-state index in [2.05, 4.69) is 17.1 Å². The van der Waals surface area contributed by atoms with Crippen LogP contribution in [0.4, 0.5) is 4.39 Å². The summed E-state index contributed by atoms with van der Waals surface area (Å²) in [6, 6.07) is 15.6. The number of hydrogen-bond donors (Lipinski definition) is 2. The summed E-state index contributed by atoms with van der Waals surface area (Å²) in [5.41, 5.74) is 2.79. The monoisotopic (exact) mass is 516 g/mol. The Hall–Kier alpha value is -3.78. The van der Waals surface area contributed by atoms with Crippen molar-refractivity contribution in [1.29, 1.82) is 0 Å². The molecule has 3 aromatic rings. The maximum absolute atomic E-state index is 14.3. The number of aliphatic hydroxyl groups is 1. The van der Waals surface area contributed by atoms with Crippen molar-refractivity contribution in [2.24, 2.45) is 10.9 Å². The molecule has 3 heterocycles. The molecule has 1 amide bonds. The van der Waals surface area contributed by atoms with E-state index in [9.17, 15) is 14.3 Å². The van der Waals surface area contributed by atoms with Gasteiger partial charge in [-0.3, -0.25) is 9.79 Å². The first-order valence-corrected chi connectivity index (χ1v) is 12.9. The fourth-order valence-electron chi connectivity index (χ4n) is 5.44. The number of hydrogen-bond acceptors (Lipinski definition) is 6. The Morgan fingerprint density at radius 2 is 1.95 bits per heavy atom. The molecule has 2 aliphatic heterocycles. The number of nitrogens with zero attached hydrogens (tertiary/aromatic N) is 3. The Bertz CT molecular complexity index is 1400. The highest BCUT2D eigenvalue weighted by Crippen LogP contribution is 2.39. The average molecular weight is 517 g/mol. The molecule has 2 aromatic carbocycles. The van der Waals surface area contributed by atoms with E-state index in [1.165, 1.54) is 6.07 Å².